The summed E-state index contributed by atoms with van der Waals surface area (Å²) in [5.41, 5.74) is 1.56. The van der Waals surface area contributed by atoms with Crippen molar-refractivity contribution in [1.29, 1.82) is 0 Å². The van der Waals surface area contributed by atoms with Gasteiger partial charge in [0.1, 0.15) is 0 Å². The third-order valence-corrected chi connectivity index (χ3v) is 3.29. The van der Waals surface area contributed by atoms with Crippen molar-refractivity contribution >= 4 is 0 Å². The summed E-state index contributed by atoms with van der Waals surface area (Å²) in [6.07, 6.45) is 3.76. The number of hydrogen-bond acceptors (Lipinski definition) is 4. The second-order valence-corrected chi connectivity index (χ2v) is 5.26. The summed E-state index contributed by atoms with van der Waals surface area (Å²) in [6, 6.07) is 10.1. The van der Waals surface area contributed by atoms with Gasteiger partial charge in [-0.2, -0.15) is 5.10 Å². The van der Waals surface area contributed by atoms with Gasteiger partial charge in [-0.1, -0.05) is 30.3 Å². The summed E-state index contributed by atoms with van der Waals surface area (Å²) in [6.45, 7) is 2.86. The van der Waals surface area contributed by atoms with Gasteiger partial charge in [0.25, 0.3) is 0 Å². The quantitative estimate of drug-likeness (QED) is 0.698. The SMILES string of the molecule is CC(CO)(CO)NCc1cnn(Cc2ccccc2)c1. The zero-order chi connectivity index (χ0) is 14.4. The van der Waals surface area contributed by atoms with Gasteiger partial charge in [0.05, 0.1) is 31.5 Å². The van der Waals surface area contributed by atoms with E-state index in [1.54, 1.807) is 13.1 Å². The van der Waals surface area contributed by atoms with Crippen LogP contribution in [0.5, 0.6) is 0 Å². The maximum absolute atomic E-state index is 9.22. The first-order valence-corrected chi connectivity index (χ1v) is 6.67. The number of aromatic nitrogens is 2. The highest BCUT2D eigenvalue weighted by Crippen LogP contribution is 2.06. The fourth-order valence-corrected chi connectivity index (χ4v) is 1.83. The van der Waals surface area contributed by atoms with E-state index in [9.17, 15) is 10.2 Å². The van der Waals surface area contributed by atoms with Crippen LogP contribution in [0, 0.1) is 0 Å². The molecule has 0 atom stereocenters. The Balaban J connectivity index is 1.93. The fourth-order valence-electron chi connectivity index (χ4n) is 1.83. The summed E-state index contributed by atoms with van der Waals surface area (Å²) in [5, 5.41) is 25.9. The van der Waals surface area contributed by atoms with E-state index < -0.39 is 5.54 Å². The Kier molecular flexibility index (Phi) is 4.89. The van der Waals surface area contributed by atoms with Gasteiger partial charge in [-0.25, -0.2) is 0 Å². The molecular weight excluding hydrogens is 254 g/mol. The van der Waals surface area contributed by atoms with Gasteiger partial charge < -0.3 is 15.5 Å². The Morgan fingerprint density at radius 1 is 1.15 bits per heavy atom. The normalized spacial score (nSPS) is 11.8. The maximum Gasteiger partial charge on any atom is 0.0659 e. The number of nitrogens with one attached hydrogen (secondary N) is 1. The standard InChI is InChI=1S/C15H21N3O2/c1-15(11-19,12-20)16-7-14-8-17-18(10-14)9-13-5-3-2-4-6-13/h2-6,8,10,16,19-20H,7,9,11-12H2,1H3. The van der Waals surface area contributed by atoms with Crippen LogP contribution in [-0.2, 0) is 13.1 Å². The Hall–Kier alpha value is -1.69. The van der Waals surface area contributed by atoms with Gasteiger partial charge in [-0.3, -0.25) is 4.68 Å². The van der Waals surface area contributed by atoms with Crippen molar-refractivity contribution < 1.29 is 10.2 Å². The van der Waals surface area contributed by atoms with Crippen molar-refractivity contribution in [2.45, 2.75) is 25.6 Å². The van der Waals surface area contributed by atoms with Crippen LogP contribution in [0.25, 0.3) is 0 Å². The minimum absolute atomic E-state index is 0.109. The van der Waals surface area contributed by atoms with E-state index >= 15 is 0 Å². The highest BCUT2D eigenvalue weighted by Gasteiger charge is 2.21. The van der Waals surface area contributed by atoms with Gasteiger partial charge in [0.2, 0.25) is 0 Å². The number of hydrogen-bond donors (Lipinski definition) is 3. The van der Waals surface area contributed by atoms with Crippen LogP contribution < -0.4 is 5.32 Å². The van der Waals surface area contributed by atoms with E-state index in [0.717, 1.165) is 12.1 Å². The van der Waals surface area contributed by atoms with Gasteiger partial charge in [-0.15, -0.1) is 0 Å². The molecule has 0 saturated heterocycles. The summed E-state index contributed by atoms with van der Waals surface area (Å²) in [5.74, 6) is 0. The number of rotatable bonds is 7. The molecule has 0 fully saturated rings. The molecule has 0 aliphatic carbocycles. The van der Waals surface area contributed by atoms with Crippen molar-refractivity contribution in [2.75, 3.05) is 13.2 Å². The topological polar surface area (TPSA) is 70.3 Å². The third-order valence-electron chi connectivity index (χ3n) is 3.29. The average Bonchev–Trinajstić information content (AvgIpc) is 2.93. The summed E-state index contributed by atoms with van der Waals surface area (Å²) in [7, 11) is 0. The molecule has 0 spiro atoms. The summed E-state index contributed by atoms with van der Waals surface area (Å²) in [4.78, 5) is 0. The lowest BCUT2D eigenvalue weighted by molar-refractivity contribution is 0.103. The van der Waals surface area contributed by atoms with Crippen LogP contribution in [0.1, 0.15) is 18.1 Å². The second kappa shape index (κ2) is 6.65. The molecule has 0 unspecified atom stereocenters. The average molecular weight is 275 g/mol. The molecule has 1 aromatic heterocycles. The van der Waals surface area contributed by atoms with E-state index in [-0.39, 0.29) is 13.2 Å². The van der Waals surface area contributed by atoms with Gasteiger partial charge in [0.15, 0.2) is 0 Å². The maximum atomic E-state index is 9.22. The summed E-state index contributed by atoms with van der Waals surface area (Å²) < 4.78 is 1.88. The number of aliphatic hydroxyl groups is 2. The van der Waals surface area contributed by atoms with E-state index in [1.165, 1.54) is 5.56 Å². The largest absolute Gasteiger partial charge is 0.394 e. The van der Waals surface area contributed by atoms with Crippen LogP contribution in [0.15, 0.2) is 42.7 Å². The van der Waals surface area contributed by atoms with Crippen molar-refractivity contribution in [1.82, 2.24) is 15.1 Å². The molecule has 108 valence electrons. The smallest absolute Gasteiger partial charge is 0.0659 e. The molecule has 0 aliphatic heterocycles. The minimum Gasteiger partial charge on any atom is -0.394 e. The predicted octanol–water partition coefficient (Wildman–Crippen LogP) is 0.764. The Morgan fingerprint density at radius 2 is 1.85 bits per heavy atom. The second-order valence-electron chi connectivity index (χ2n) is 5.26. The summed E-state index contributed by atoms with van der Waals surface area (Å²) >= 11 is 0. The zero-order valence-electron chi connectivity index (χ0n) is 11.7. The van der Waals surface area contributed by atoms with Crippen LogP contribution in [0.2, 0.25) is 0 Å². The first-order valence-electron chi connectivity index (χ1n) is 6.67. The van der Waals surface area contributed by atoms with Crippen molar-refractivity contribution in [3.05, 3.63) is 53.9 Å². The molecule has 5 nitrogen and oxygen atoms in total. The predicted molar refractivity (Wildman–Crippen MR) is 77.2 cm³/mol. The number of aliphatic hydroxyl groups excluding tert-OH is 2. The van der Waals surface area contributed by atoms with Crippen LogP contribution >= 0.6 is 0 Å². The Morgan fingerprint density at radius 3 is 2.50 bits per heavy atom. The number of nitrogens with zero attached hydrogens (tertiary/aromatic N) is 2. The van der Waals surface area contributed by atoms with Crippen LogP contribution in [0.4, 0.5) is 0 Å². The molecule has 5 heteroatoms. The fraction of sp³-hybridized carbons (Fsp3) is 0.400. The first kappa shape index (κ1) is 14.7. The lowest BCUT2D eigenvalue weighted by Crippen LogP contribution is -2.48. The molecule has 0 aliphatic rings. The first-order chi connectivity index (χ1) is 9.65. The lowest BCUT2D eigenvalue weighted by Gasteiger charge is -2.25. The van der Waals surface area contributed by atoms with Gasteiger partial charge in [-0.05, 0) is 12.5 Å². The van der Waals surface area contributed by atoms with Crippen molar-refractivity contribution in [3.8, 4) is 0 Å². The van der Waals surface area contributed by atoms with E-state index in [4.69, 9.17) is 0 Å². The molecule has 3 N–H and O–H groups in total. The molecule has 2 aromatic rings. The molecular formula is C15H21N3O2. The lowest BCUT2D eigenvalue weighted by atomic mass is 10.1. The molecule has 1 aromatic carbocycles. The molecule has 2 rings (SSSR count). The highest BCUT2D eigenvalue weighted by molar-refractivity contribution is 5.15. The van der Waals surface area contributed by atoms with Crippen LogP contribution in [-0.4, -0.2) is 38.7 Å². The third kappa shape index (κ3) is 3.90. The molecule has 0 saturated carbocycles. The molecule has 20 heavy (non-hydrogen) atoms. The van der Waals surface area contributed by atoms with Gasteiger partial charge in [0, 0.05) is 18.3 Å². The Bertz CT molecular complexity index is 521. The Labute approximate surface area is 118 Å². The zero-order valence-corrected chi connectivity index (χ0v) is 11.7. The van der Waals surface area contributed by atoms with E-state index in [2.05, 4.69) is 22.5 Å². The highest BCUT2D eigenvalue weighted by atomic mass is 16.3. The monoisotopic (exact) mass is 275 g/mol. The van der Waals surface area contributed by atoms with E-state index in [0.29, 0.717) is 6.54 Å². The minimum atomic E-state index is -0.665. The molecule has 0 radical (unpaired) electrons. The van der Waals surface area contributed by atoms with Crippen LogP contribution in [0.3, 0.4) is 0 Å². The molecule has 0 bridgehead atoms. The molecule has 0 amide bonds. The van der Waals surface area contributed by atoms with Gasteiger partial charge >= 0.3 is 0 Å². The van der Waals surface area contributed by atoms with Crippen molar-refractivity contribution in [3.63, 3.8) is 0 Å². The van der Waals surface area contributed by atoms with Crippen molar-refractivity contribution in [2.24, 2.45) is 0 Å². The number of benzene rings is 1. The van der Waals surface area contributed by atoms with E-state index in [1.807, 2.05) is 29.1 Å². The molecule has 1 heterocycles.